The Hall–Kier alpha value is -1.18. The first kappa shape index (κ1) is 16.9. The van der Waals surface area contributed by atoms with Crippen LogP contribution < -0.4 is 15.8 Å². The summed E-state index contributed by atoms with van der Waals surface area (Å²) in [6.07, 6.45) is 3.87. The number of guanidine groups is 1. The van der Waals surface area contributed by atoms with Gasteiger partial charge in [0.25, 0.3) is 0 Å². The van der Waals surface area contributed by atoms with Crippen molar-refractivity contribution in [2.24, 2.45) is 16.6 Å². The summed E-state index contributed by atoms with van der Waals surface area (Å²) in [7, 11) is 1.52. The molecule has 6 heteroatoms. The number of hydrogen-bond donors (Lipinski definition) is 3. The molecule has 5 nitrogen and oxygen atoms in total. The molecule has 0 amide bonds. The Morgan fingerprint density at radius 3 is 2.85 bits per heavy atom. The first-order valence-corrected chi connectivity index (χ1v) is 6.59. The number of para-hydroxylation sites is 1. The second-order valence-electron chi connectivity index (χ2n) is 4.85. The third-order valence-corrected chi connectivity index (χ3v) is 3.52. The van der Waals surface area contributed by atoms with E-state index >= 15 is 0 Å². The van der Waals surface area contributed by atoms with Crippen molar-refractivity contribution in [3.05, 3.63) is 23.8 Å². The van der Waals surface area contributed by atoms with Gasteiger partial charge in [0.15, 0.2) is 17.5 Å². The van der Waals surface area contributed by atoms with Crippen molar-refractivity contribution in [2.45, 2.75) is 25.8 Å². The summed E-state index contributed by atoms with van der Waals surface area (Å²) < 4.78 is 5.05. The van der Waals surface area contributed by atoms with Crippen molar-refractivity contribution in [3.63, 3.8) is 0 Å². The highest BCUT2D eigenvalue weighted by Gasteiger charge is 2.16. The lowest BCUT2D eigenvalue weighted by Crippen LogP contribution is -2.37. The van der Waals surface area contributed by atoms with Crippen molar-refractivity contribution in [1.82, 2.24) is 5.32 Å². The number of nitrogens with two attached hydrogens (primary N) is 1. The smallest absolute Gasteiger partial charge is 0.188 e. The van der Waals surface area contributed by atoms with Crippen LogP contribution in [-0.2, 0) is 6.54 Å². The Bertz CT molecular complexity index is 462. The standard InChI is InChI=1S/C14H21N3O2.HI/c1-19-12-7-3-6-11(13(12)18)9-17-14(15)16-8-10-4-2-5-10;/h3,6-7,10,18H,2,4-5,8-9H2,1H3,(H3,15,16,17);1H. The van der Waals surface area contributed by atoms with Gasteiger partial charge in [0.1, 0.15) is 0 Å². The number of halogens is 1. The molecule has 4 N–H and O–H groups in total. The molecule has 1 aromatic carbocycles. The summed E-state index contributed by atoms with van der Waals surface area (Å²) in [5.41, 5.74) is 6.50. The first-order valence-electron chi connectivity index (χ1n) is 6.59. The summed E-state index contributed by atoms with van der Waals surface area (Å²) in [6.45, 7) is 1.23. The number of hydrogen-bond acceptors (Lipinski definition) is 3. The van der Waals surface area contributed by atoms with Crippen LogP contribution in [0.4, 0.5) is 0 Å². The van der Waals surface area contributed by atoms with Crippen LogP contribution in [-0.4, -0.2) is 24.7 Å². The van der Waals surface area contributed by atoms with E-state index in [9.17, 15) is 5.11 Å². The number of nitrogens with one attached hydrogen (secondary N) is 1. The molecule has 1 aliphatic rings. The molecule has 0 unspecified atom stereocenters. The second-order valence-corrected chi connectivity index (χ2v) is 4.85. The summed E-state index contributed by atoms with van der Waals surface area (Å²) in [6, 6.07) is 5.34. The molecule has 0 saturated heterocycles. The molecular weight excluding hydrogens is 369 g/mol. The van der Waals surface area contributed by atoms with E-state index in [0.717, 1.165) is 12.5 Å². The monoisotopic (exact) mass is 391 g/mol. The lowest BCUT2D eigenvalue weighted by molar-refractivity contribution is 0.315. The molecule has 2 rings (SSSR count). The average Bonchev–Trinajstić information content (AvgIpc) is 2.36. The van der Waals surface area contributed by atoms with Gasteiger partial charge in [-0.25, -0.2) is 4.99 Å². The van der Waals surface area contributed by atoms with E-state index in [1.165, 1.54) is 26.4 Å². The zero-order valence-electron chi connectivity index (χ0n) is 11.6. The van der Waals surface area contributed by atoms with Crippen molar-refractivity contribution in [3.8, 4) is 11.5 Å². The highest BCUT2D eigenvalue weighted by Crippen LogP contribution is 2.29. The highest BCUT2D eigenvalue weighted by molar-refractivity contribution is 14.0. The number of methoxy groups -OCH3 is 1. The molecule has 0 atom stereocenters. The van der Waals surface area contributed by atoms with Gasteiger partial charge < -0.3 is 20.9 Å². The summed E-state index contributed by atoms with van der Waals surface area (Å²) in [5.74, 6) is 1.74. The van der Waals surface area contributed by atoms with Crippen molar-refractivity contribution in [2.75, 3.05) is 13.7 Å². The number of ether oxygens (including phenoxy) is 1. The van der Waals surface area contributed by atoms with E-state index in [0.29, 0.717) is 23.8 Å². The van der Waals surface area contributed by atoms with Gasteiger partial charge in [0, 0.05) is 12.1 Å². The summed E-state index contributed by atoms with van der Waals surface area (Å²) in [4.78, 5) is 4.23. The molecule has 0 aliphatic heterocycles. The maximum atomic E-state index is 9.91. The molecule has 0 aromatic heterocycles. The normalized spacial score (nSPS) is 15.2. The van der Waals surface area contributed by atoms with E-state index in [-0.39, 0.29) is 29.7 Å². The SMILES string of the molecule is COc1cccc(CN=C(N)NCC2CCC2)c1O.I. The summed E-state index contributed by atoms with van der Waals surface area (Å²) >= 11 is 0. The number of rotatable bonds is 5. The van der Waals surface area contributed by atoms with E-state index in [2.05, 4.69) is 10.3 Å². The lowest BCUT2D eigenvalue weighted by atomic mass is 9.85. The van der Waals surface area contributed by atoms with Crippen LogP contribution in [0.1, 0.15) is 24.8 Å². The maximum absolute atomic E-state index is 9.91. The van der Waals surface area contributed by atoms with Crippen molar-refractivity contribution >= 4 is 29.9 Å². The van der Waals surface area contributed by atoms with Crippen molar-refractivity contribution in [1.29, 1.82) is 0 Å². The highest BCUT2D eigenvalue weighted by atomic mass is 127. The molecule has 0 spiro atoms. The third kappa shape index (κ3) is 4.43. The van der Waals surface area contributed by atoms with Gasteiger partial charge in [-0.1, -0.05) is 18.6 Å². The number of benzene rings is 1. The topological polar surface area (TPSA) is 79.9 Å². The van der Waals surface area contributed by atoms with Gasteiger partial charge in [-0.3, -0.25) is 0 Å². The van der Waals surface area contributed by atoms with E-state index < -0.39 is 0 Å². The zero-order valence-corrected chi connectivity index (χ0v) is 14.0. The minimum atomic E-state index is 0. The number of aliphatic imine (C=N–C) groups is 1. The molecule has 112 valence electrons. The van der Waals surface area contributed by atoms with Gasteiger partial charge in [-0.15, -0.1) is 24.0 Å². The van der Waals surface area contributed by atoms with Crippen LogP contribution in [0.5, 0.6) is 11.5 Å². The summed E-state index contributed by atoms with van der Waals surface area (Å²) in [5, 5.41) is 13.0. The fourth-order valence-corrected chi connectivity index (χ4v) is 2.03. The number of phenolic OH excluding ortho intramolecular Hbond substituents is 1. The maximum Gasteiger partial charge on any atom is 0.188 e. The van der Waals surface area contributed by atoms with Crippen molar-refractivity contribution < 1.29 is 9.84 Å². The van der Waals surface area contributed by atoms with Gasteiger partial charge >= 0.3 is 0 Å². The Morgan fingerprint density at radius 2 is 2.25 bits per heavy atom. The Labute approximate surface area is 136 Å². The van der Waals surface area contributed by atoms with Gasteiger partial charge in [0.2, 0.25) is 0 Å². The van der Waals surface area contributed by atoms with Crippen LogP contribution in [0.2, 0.25) is 0 Å². The second kappa shape index (κ2) is 8.18. The minimum absolute atomic E-state index is 0. The van der Waals surface area contributed by atoms with Crippen LogP contribution in [0.3, 0.4) is 0 Å². The van der Waals surface area contributed by atoms with Crippen LogP contribution in [0.25, 0.3) is 0 Å². The van der Waals surface area contributed by atoms with Crippen LogP contribution >= 0.6 is 24.0 Å². The molecule has 20 heavy (non-hydrogen) atoms. The fourth-order valence-electron chi connectivity index (χ4n) is 2.03. The largest absolute Gasteiger partial charge is 0.504 e. The predicted octanol–water partition coefficient (Wildman–Crippen LogP) is 2.22. The van der Waals surface area contributed by atoms with E-state index in [4.69, 9.17) is 10.5 Å². The molecule has 1 aliphatic carbocycles. The molecule has 1 saturated carbocycles. The third-order valence-electron chi connectivity index (χ3n) is 3.52. The Kier molecular flexibility index (Phi) is 6.90. The average molecular weight is 391 g/mol. The van der Waals surface area contributed by atoms with Gasteiger partial charge in [-0.05, 0) is 24.8 Å². The van der Waals surface area contributed by atoms with Gasteiger partial charge in [0.05, 0.1) is 13.7 Å². The molecule has 0 radical (unpaired) electrons. The van der Waals surface area contributed by atoms with Gasteiger partial charge in [-0.2, -0.15) is 0 Å². The Balaban J connectivity index is 0.00000200. The number of nitrogens with zero attached hydrogens (tertiary/aromatic N) is 1. The molecule has 1 aromatic rings. The quantitative estimate of drug-likeness (QED) is 0.409. The fraction of sp³-hybridized carbons (Fsp3) is 0.500. The van der Waals surface area contributed by atoms with Crippen LogP contribution in [0, 0.1) is 5.92 Å². The minimum Gasteiger partial charge on any atom is -0.504 e. The molecule has 0 heterocycles. The van der Waals surface area contributed by atoms with Crippen LogP contribution in [0.15, 0.2) is 23.2 Å². The lowest BCUT2D eigenvalue weighted by Gasteiger charge is -2.25. The van der Waals surface area contributed by atoms with E-state index in [1.807, 2.05) is 6.07 Å². The molecule has 0 bridgehead atoms. The zero-order chi connectivity index (χ0) is 13.7. The number of aromatic hydroxyl groups is 1. The molecule has 1 fully saturated rings. The number of phenols is 1. The van der Waals surface area contributed by atoms with E-state index in [1.54, 1.807) is 12.1 Å². The first-order chi connectivity index (χ1) is 9.20. The predicted molar refractivity (Wildman–Crippen MR) is 90.7 cm³/mol. The Morgan fingerprint density at radius 1 is 1.50 bits per heavy atom. The molecular formula is C14H22IN3O2.